The fraction of sp³-hybridized carbons (Fsp3) is 0. The van der Waals surface area contributed by atoms with E-state index in [0.717, 1.165) is 0 Å². The van der Waals surface area contributed by atoms with Crippen LogP contribution in [0.15, 0.2) is 231 Å². The second-order valence-corrected chi connectivity index (χ2v) is 17.8. The maximum Gasteiger partial charge on any atom is 0.0449 e. The Bertz CT molecular complexity index is 3340. The molecular formula is C60H40S2. The molecule has 0 nitrogen and oxygen atoms in total. The molecule has 9 aromatic carbocycles. The van der Waals surface area contributed by atoms with E-state index in [1.165, 1.54) is 107 Å². The van der Waals surface area contributed by atoms with Crippen LogP contribution in [0.5, 0.6) is 0 Å². The maximum absolute atomic E-state index is 2.44. The highest BCUT2D eigenvalue weighted by Gasteiger charge is 2.18. The summed E-state index contributed by atoms with van der Waals surface area (Å²) in [5.74, 6) is 0. The molecule has 0 aliphatic carbocycles. The monoisotopic (exact) mass is 824 g/mol. The topological polar surface area (TPSA) is 0 Å². The van der Waals surface area contributed by atoms with Crippen molar-refractivity contribution in [1.82, 2.24) is 0 Å². The molecular weight excluding hydrogens is 785 g/mol. The Balaban J connectivity index is 1.11. The van der Waals surface area contributed by atoms with Crippen molar-refractivity contribution in [2.45, 2.75) is 0 Å². The minimum atomic E-state index is 1.19. The molecule has 0 N–H and O–H groups in total. The van der Waals surface area contributed by atoms with Gasteiger partial charge in [-0.1, -0.05) is 194 Å². The summed E-state index contributed by atoms with van der Waals surface area (Å²) in [5, 5.41) is 7.43. The van der Waals surface area contributed by atoms with E-state index in [1.54, 1.807) is 0 Å². The molecule has 2 heterocycles. The minimum Gasteiger partial charge on any atom is -0.134 e. The van der Waals surface area contributed by atoms with E-state index in [-0.39, 0.29) is 0 Å². The van der Waals surface area contributed by atoms with Crippen LogP contribution in [0.2, 0.25) is 0 Å². The van der Waals surface area contributed by atoms with Crippen LogP contribution in [0.25, 0.3) is 86.3 Å². The molecule has 0 fully saturated rings. The van der Waals surface area contributed by atoms with Gasteiger partial charge in [0, 0.05) is 19.5 Å². The van der Waals surface area contributed by atoms with Crippen LogP contribution in [-0.2, 0) is 0 Å². The average molecular weight is 825 g/mol. The summed E-state index contributed by atoms with van der Waals surface area (Å²) >= 11 is 3.73. The zero-order valence-electron chi connectivity index (χ0n) is 33.9. The van der Waals surface area contributed by atoms with E-state index in [0.29, 0.717) is 0 Å². The molecule has 0 radical (unpaired) electrons. The molecule has 0 amide bonds. The Labute approximate surface area is 370 Å². The third-order valence-corrected chi connectivity index (χ3v) is 14.3. The van der Waals surface area contributed by atoms with E-state index < -0.39 is 0 Å². The lowest BCUT2D eigenvalue weighted by Crippen LogP contribution is -1.94. The third-order valence-electron chi connectivity index (χ3n) is 11.8. The predicted octanol–water partition coefficient (Wildman–Crippen LogP) is 17.4. The predicted molar refractivity (Wildman–Crippen MR) is 271 cm³/mol. The summed E-state index contributed by atoms with van der Waals surface area (Å²) in [7, 11) is 0. The number of fused-ring (bicyclic) bond motifs is 3. The Morgan fingerprint density at radius 2 is 0.645 bits per heavy atom. The molecule has 2 aromatic heterocycles. The number of hydrogen-bond acceptors (Lipinski definition) is 2. The molecule has 0 bridgehead atoms. The maximum atomic E-state index is 2.44. The van der Waals surface area contributed by atoms with Crippen molar-refractivity contribution in [3.05, 3.63) is 264 Å². The standard InChI is InChI=1S/C60H40S2/c1-5-18-42(19-6-1)52(43-20-7-2-8-21-43)39-55-49-27-15-16-28-50(49)56(40-53(44-22-9-3-10-23-44)45-24-11-4-12-25-45)54-38-48(31-32-51(54)55)58-34-36-60(62-58)59-35-33-57(61-59)47-30-29-41-17-13-14-26-46(41)37-47/h1-40H. The molecule has 11 aromatic rings. The first-order chi connectivity index (χ1) is 30.7. The Morgan fingerprint density at radius 3 is 1.15 bits per heavy atom. The number of hydrogen-bond donors (Lipinski definition) is 0. The van der Waals surface area contributed by atoms with Gasteiger partial charge < -0.3 is 0 Å². The van der Waals surface area contributed by atoms with Gasteiger partial charge >= 0.3 is 0 Å². The lowest BCUT2D eigenvalue weighted by atomic mass is 9.86. The summed E-state index contributed by atoms with van der Waals surface area (Å²) in [4.78, 5) is 5.11. The summed E-state index contributed by atoms with van der Waals surface area (Å²) in [5.41, 5.74) is 12.1. The fourth-order valence-electron chi connectivity index (χ4n) is 8.73. The Morgan fingerprint density at radius 1 is 0.274 bits per heavy atom. The van der Waals surface area contributed by atoms with Crippen molar-refractivity contribution in [3.63, 3.8) is 0 Å². The summed E-state index contributed by atoms with van der Waals surface area (Å²) in [6, 6.07) is 83.8. The molecule has 11 rings (SSSR count). The van der Waals surface area contributed by atoms with Gasteiger partial charge in [-0.2, -0.15) is 0 Å². The molecule has 292 valence electrons. The number of rotatable bonds is 9. The molecule has 0 saturated heterocycles. The zero-order valence-corrected chi connectivity index (χ0v) is 35.5. The smallest absolute Gasteiger partial charge is 0.0449 e. The van der Waals surface area contributed by atoms with Gasteiger partial charge in [-0.05, 0) is 137 Å². The molecule has 0 saturated carbocycles. The highest BCUT2D eigenvalue weighted by molar-refractivity contribution is 7.25. The van der Waals surface area contributed by atoms with Gasteiger partial charge in [0.2, 0.25) is 0 Å². The molecule has 0 atom stereocenters. The molecule has 62 heavy (non-hydrogen) atoms. The Kier molecular flexibility index (Phi) is 10.1. The lowest BCUT2D eigenvalue weighted by Gasteiger charge is -2.18. The SMILES string of the molecule is C(=C(c1ccccc1)c1ccccc1)c1c2ccccc2c(C=C(c2ccccc2)c2ccccc2)c2cc(-c3ccc(-c4ccc(-c5ccc6ccccc6c5)s4)s3)ccc12. The van der Waals surface area contributed by atoms with Crippen molar-refractivity contribution in [1.29, 1.82) is 0 Å². The zero-order chi connectivity index (χ0) is 41.2. The van der Waals surface area contributed by atoms with E-state index in [4.69, 9.17) is 0 Å². The summed E-state index contributed by atoms with van der Waals surface area (Å²) < 4.78 is 0. The number of thiophene rings is 2. The molecule has 0 aliphatic rings. The number of benzene rings is 9. The van der Waals surface area contributed by atoms with Crippen LogP contribution in [0.1, 0.15) is 33.4 Å². The van der Waals surface area contributed by atoms with Gasteiger partial charge in [0.25, 0.3) is 0 Å². The molecule has 0 spiro atoms. The molecule has 2 heteroatoms. The summed E-state index contributed by atoms with van der Waals surface area (Å²) in [6.07, 6.45) is 4.85. The lowest BCUT2D eigenvalue weighted by molar-refractivity contribution is 1.55. The first-order valence-corrected chi connectivity index (χ1v) is 22.7. The van der Waals surface area contributed by atoms with E-state index in [1.807, 2.05) is 22.7 Å². The molecule has 0 aliphatic heterocycles. The van der Waals surface area contributed by atoms with Gasteiger partial charge in [0.1, 0.15) is 0 Å². The first kappa shape index (κ1) is 37.6. The first-order valence-electron chi connectivity index (χ1n) is 21.1. The van der Waals surface area contributed by atoms with Crippen LogP contribution >= 0.6 is 22.7 Å². The second-order valence-electron chi connectivity index (χ2n) is 15.6. The van der Waals surface area contributed by atoms with Gasteiger partial charge in [-0.25, -0.2) is 0 Å². The van der Waals surface area contributed by atoms with E-state index in [9.17, 15) is 0 Å². The largest absolute Gasteiger partial charge is 0.134 e. The normalized spacial score (nSPS) is 11.2. The van der Waals surface area contributed by atoms with Crippen LogP contribution in [0.3, 0.4) is 0 Å². The van der Waals surface area contributed by atoms with Crippen LogP contribution in [-0.4, -0.2) is 0 Å². The van der Waals surface area contributed by atoms with Gasteiger partial charge in [0.05, 0.1) is 0 Å². The van der Waals surface area contributed by atoms with Gasteiger partial charge in [-0.3, -0.25) is 0 Å². The fourth-order valence-corrected chi connectivity index (χ4v) is 10.8. The highest BCUT2D eigenvalue weighted by atomic mass is 32.1. The average Bonchev–Trinajstić information content (AvgIpc) is 4.05. The second kappa shape index (κ2) is 16.6. The van der Waals surface area contributed by atoms with Crippen LogP contribution < -0.4 is 0 Å². The van der Waals surface area contributed by atoms with Gasteiger partial charge in [-0.15, -0.1) is 22.7 Å². The van der Waals surface area contributed by atoms with Crippen molar-refractivity contribution < 1.29 is 0 Å². The minimum absolute atomic E-state index is 1.19. The van der Waals surface area contributed by atoms with Crippen LogP contribution in [0.4, 0.5) is 0 Å². The van der Waals surface area contributed by atoms with Crippen molar-refractivity contribution in [3.8, 4) is 30.6 Å². The highest BCUT2D eigenvalue weighted by Crippen LogP contribution is 2.44. The van der Waals surface area contributed by atoms with Crippen molar-refractivity contribution >= 4 is 78.3 Å². The van der Waals surface area contributed by atoms with E-state index >= 15 is 0 Å². The van der Waals surface area contributed by atoms with Crippen molar-refractivity contribution in [2.24, 2.45) is 0 Å². The van der Waals surface area contributed by atoms with E-state index in [2.05, 4.69) is 243 Å². The quantitative estimate of drug-likeness (QED) is 0.100. The van der Waals surface area contributed by atoms with Crippen molar-refractivity contribution in [2.75, 3.05) is 0 Å². The Hall–Kier alpha value is -7.36. The molecule has 0 unspecified atom stereocenters. The summed E-state index contributed by atoms with van der Waals surface area (Å²) in [6.45, 7) is 0. The van der Waals surface area contributed by atoms with Gasteiger partial charge in [0.15, 0.2) is 0 Å². The van der Waals surface area contributed by atoms with Crippen LogP contribution in [0, 0.1) is 0 Å². The third kappa shape index (κ3) is 7.30.